The number of ether oxygens (including phenoxy) is 2. The number of carbonyl (C=O) groups excluding carboxylic acids is 2. The number of hydrogen-bond donors (Lipinski definition) is 4. The standard InChI is InChI=1S/C30H37ClN6O3S2.C25H33BrN4O3S.C5H5ClN2S.K/c1-6-40-28(38)23-26(34-18(2)27(35-23)41-21-11-14-33-25(32)22(21)31)37-15-12-30(13-16-37)17-19-9-7-8-10-20(19)24(30)36-42(39)29(3,4)5;1-6-33-23(31)19-22(27-16(2)21(26)28-19)30-13-11-25(12-14-30)15-17-9-7-8-10-18(17)20(25)29-34(32)24(3,4)5;6-4-3(9)1-2-8-5(4)7;/h7-11,14,24,36H,6,12-13,15-17H2,1-5H3,(H2,32,33);7-10,20,29H,6,11-15H2,1-5H3;1-2H,(H3,7,8,9);/q;;;+1/p-1/t24-,42-;20-,34-;;/m11../s1. The predicted octanol–water partition coefficient (Wildman–Crippen LogP) is 8.57. The van der Waals surface area contributed by atoms with Gasteiger partial charge in [0, 0.05) is 43.5 Å². The number of hydrogen-bond acceptors (Lipinski definition) is 18. The minimum absolute atomic E-state index is 0. The fourth-order valence-corrected chi connectivity index (χ4v) is 14.6. The van der Waals surface area contributed by atoms with Gasteiger partial charge in [0.1, 0.15) is 21.3 Å². The number of benzene rings is 2. The Kier molecular flexibility index (Phi) is 24.1. The summed E-state index contributed by atoms with van der Waals surface area (Å²) in [6.45, 7) is 22.6. The van der Waals surface area contributed by atoms with Crippen molar-refractivity contribution in [3.8, 4) is 0 Å². The number of nitrogen functional groups attached to an aromatic ring is 2. The van der Waals surface area contributed by atoms with E-state index in [1.54, 1.807) is 32.2 Å². The van der Waals surface area contributed by atoms with E-state index in [-0.39, 0.29) is 114 Å². The fourth-order valence-electron chi connectivity index (χ4n) is 11.0. The predicted molar refractivity (Wildman–Crippen MR) is 346 cm³/mol. The summed E-state index contributed by atoms with van der Waals surface area (Å²) in [5.41, 5.74) is 18.0. The van der Waals surface area contributed by atoms with Crippen LogP contribution in [0.2, 0.25) is 10.0 Å². The molecule has 6 heterocycles. The number of nitrogens with two attached hydrogens (primary N) is 2. The van der Waals surface area contributed by atoms with Crippen LogP contribution in [0.4, 0.5) is 23.3 Å². The molecule has 0 amide bonds. The Morgan fingerprint density at radius 1 is 0.686 bits per heavy atom. The molecule has 2 fully saturated rings. The summed E-state index contributed by atoms with van der Waals surface area (Å²) in [4.78, 5) is 57.8. The molecule has 456 valence electrons. The van der Waals surface area contributed by atoms with E-state index >= 15 is 0 Å². The van der Waals surface area contributed by atoms with Gasteiger partial charge in [-0.2, -0.15) is 4.90 Å². The molecule has 6 N–H and O–H groups in total. The number of aromatic nitrogens is 6. The molecular formula is C60H74BrCl2KN12O6S4. The molecule has 4 atom stereocenters. The van der Waals surface area contributed by atoms with Crippen molar-refractivity contribution in [3.63, 3.8) is 0 Å². The Morgan fingerprint density at radius 2 is 1.10 bits per heavy atom. The Bertz CT molecular complexity index is 3470. The summed E-state index contributed by atoms with van der Waals surface area (Å²) >= 11 is 21.4. The van der Waals surface area contributed by atoms with Crippen molar-refractivity contribution in [3.05, 3.63) is 133 Å². The molecule has 0 radical (unpaired) electrons. The summed E-state index contributed by atoms with van der Waals surface area (Å²) in [6, 6.07) is 20.3. The van der Waals surface area contributed by atoms with Crippen LogP contribution < -0.4 is 82.1 Å². The van der Waals surface area contributed by atoms with E-state index in [0.717, 1.165) is 57.3 Å². The number of carbonyl (C=O) groups is 2. The average Bonchev–Trinajstić information content (AvgIpc) is 1.97. The van der Waals surface area contributed by atoms with Gasteiger partial charge in [0.05, 0.1) is 78.2 Å². The Balaban J connectivity index is 0.000000215. The molecule has 2 aliphatic carbocycles. The number of anilines is 4. The Hall–Kier alpha value is -3.47. The van der Waals surface area contributed by atoms with Crippen LogP contribution in [0.3, 0.4) is 0 Å². The SMILES string of the molecule is CCOC(=O)c1nc(Br)c(C)nc1N1CCC2(CC1)Cc1ccccc1[C@H]2N[S@](=O)C(C)(C)C.CCOC(=O)c1nc(Sc2ccnc(N)c2Cl)c(C)nc1N1CCC2(CC1)Cc1ccccc1[C@H]2N[S@](=O)C(C)(C)C.Nc1nccc([S-])c1Cl.[K+]. The third-order valence-corrected chi connectivity index (χ3v) is 22.0. The first kappa shape index (κ1) is 70.0. The van der Waals surface area contributed by atoms with Crippen LogP contribution >= 0.6 is 50.9 Å². The second-order valence-corrected chi connectivity index (χ2v) is 30.4. The van der Waals surface area contributed by atoms with Crippen LogP contribution in [-0.4, -0.2) is 99.1 Å². The molecule has 4 aromatic heterocycles. The number of nitrogens with one attached hydrogen (secondary N) is 2. The molecule has 0 unspecified atom stereocenters. The van der Waals surface area contributed by atoms with Crippen molar-refractivity contribution in [2.75, 3.05) is 60.7 Å². The van der Waals surface area contributed by atoms with Crippen LogP contribution in [0.1, 0.15) is 148 Å². The molecule has 18 nitrogen and oxygen atoms in total. The molecule has 86 heavy (non-hydrogen) atoms. The molecule has 4 aliphatic rings. The molecule has 0 saturated carbocycles. The monoisotopic (exact) mass is 1370 g/mol. The van der Waals surface area contributed by atoms with E-state index in [1.165, 1.54) is 40.2 Å². The zero-order valence-electron chi connectivity index (χ0n) is 50.5. The molecule has 10 rings (SSSR count). The molecule has 2 saturated heterocycles. The van der Waals surface area contributed by atoms with Crippen LogP contribution in [0.15, 0.2) is 92.5 Å². The third kappa shape index (κ3) is 16.0. The van der Waals surface area contributed by atoms with Crippen LogP contribution in [0, 0.1) is 24.7 Å². The number of rotatable bonds is 12. The van der Waals surface area contributed by atoms with Gasteiger partial charge >= 0.3 is 63.3 Å². The molecule has 2 spiro atoms. The summed E-state index contributed by atoms with van der Waals surface area (Å²) < 4.78 is 43.8. The first-order chi connectivity index (χ1) is 40.2. The van der Waals surface area contributed by atoms with Gasteiger partial charge in [-0.3, -0.25) is 0 Å². The van der Waals surface area contributed by atoms with E-state index in [9.17, 15) is 18.0 Å². The number of nitrogens with zero attached hydrogens (tertiary/aromatic N) is 8. The second-order valence-electron chi connectivity index (χ2n) is 23.4. The maximum Gasteiger partial charge on any atom is 1.00 e. The maximum absolute atomic E-state index is 13.3. The molecule has 0 bridgehead atoms. The van der Waals surface area contributed by atoms with E-state index in [4.69, 9.17) is 71.7 Å². The van der Waals surface area contributed by atoms with E-state index in [2.05, 4.69) is 98.7 Å². The summed E-state index contributed by atoms with van der Waals surface area (Å²) in [5.74, 6) is 0.639. The second kappa shape index (κ2) is 29.7. The minimum atomic E-state index is -1.22. The topological polar surface area (TPSA) is 247 Å². The summed E-state index contributed by atoms with van der Waals surface area (Å²) in [5, 5.41) is 1.25. The zero-order valence-corrected chi connectivity index (χ0v) is 60.0. The van der Waals surface area contributed by atoms with Gasteiger partial charge in [-0.25, -0.2) is 57.4 Å². The molecule has 26 heteroatoms. The van der Waals surface area contributed by atoms with E-state index < -0.39 is 33.9 Å². The zero-order chi connectivity index (χ0) is 61.8. The summed E-state index contributed by atoms with van der Waals surface area (Å²) in [6.07, 6.45) is 8.43. The van der Waals surface area contributed by atoms with Crippen molar-refractivity contribution in [1.29, 1.82) is 0 Å². The Labute approximate surface area is 581 Å². The number of fused-ring (bicyclic) bond motifs is 2. The van der Waals surface area contributed by atoms with E-state index in [0.29, 0.717) is 65.7 Å². The number of pyridine rings is 2. The number of piperidine rings is 2. The maximum atomic E-state index is 13.3. The van der Waals surface area contributed by atoms with E-state index in [1.807, 2.05) is 55.4 Å². The van der Waals surface area contributed by atoms with Crippen molar-refractivity contribution in [2.24, 2.45) is 10.8 Å². The summed E-state index contributed by atoms with van der Waals surface area (Å²) in [7, 11) is -2.39. The molecule has 2 aliphatic heterocycles. The number of aryl methyl sites for hydroxylation is 2. The third-order valence-electron chi connectivity index (χ3n) is 15.6. The first-order valence-electron chi connectivity index (χ1n) is 28.1. The first-order valence-corrected chi connectivity index (χ1v) is 33.2. The van der Waals surface area contributed by atoms with Crippen molar-refractivity contribution in [2.45, 2.75) is 144 Å². The molecule has 6 aromatic rings. The fraction of sp³-hybridized carbons (Fsp3) is 0.467. The minimum Gasteiger partial charge on any atom is -0.778 e. The quantitative estimate of drug-likeness (QED) is 0.0509. The van der Waals surface area contributed by atoms with Crippen molar-refractivity contribution >= 4 is 121 Å². The van der Waals surface area contributed by atoms with Gasteiger partial charge in [-0.15, -0.1) is 0 Å². The average molecular weight is 1380 g/mol. The van der Waals surface area contributed by atoms with Crippen molar-refractivity contribution in [1.82, 2.24) is 39.3 Å². The number of esters is 2. The van der Waals surface area contributed by atoms with Gasteiger partial charge in [0.2, 0.25) is 0 Å². The van der Waals surface area contributed by atoms with Gasteiger partial charge < -0.3 is 43.4 Å². The van der Waals surface area contributed by atoms with Crippen LogP contribution in [-0.2, 0) is 56.9 Å². The van der Waals surface area contributed by atoms with Gasteiger partial charge in [-0.05, 0) is 163 Å². The van der Waals surface area contributed by atoms with Gasteiger partial charge in [0.15, 0.2) is 23.0 Å². The smallest absolute Gasteiger partial charge is 0.778 e. The van der Waals surface area contributed by atoms with Crippen LogP contribution in [0.25, 0.3) is 0 Å². The molecule has 2 aromatic carbocycles. The van der Waals surface area contributed by atoms with Gasteiger partial charge in [-0.1, -0.05) is 89.6 Å². The van der Waals surface area contributed by atoms with Crippen molar-refractivity contribution < 1.29 is 78.9 Å². The van der Waals surface area contributed by atoms with Gasteiger partial charge in [0.25, 0.3) is 0 Å². The normalized spacial score (nSPS) is 18.1. The van der Waals surface area contributed by atoms with Crippen LogP contribution in [0.5, 0.6) is 0 Å². The molecular weight excluding hydrogens is 1300 g/mol. The Morgan fingerprint density at radius 3 is 1.53 bits per heavy atom. The largest absolute Gasteiger partial charge is 1.00 e. The number of halogens is 3.